The van der Waals surface area contributed by atoms with Crippen molar-refractivity contribution >= 4 is 17.9 Å². The van der Waals surface area contributed by atoms with Crippen LogP contribution in [0.25, 0.3) is 0 Å². The lowest BCUT2D eigenvalue weighted by molar-refractivity contribution is 0.0256. The first kappa shape index (κ1) is 16.6. The zero-order valence-corrected chi connectivity index (χ0v) is 13.5. The lowest BCUT2D eigenvalue weighted by atomic mass is 10.1. The largest absolute Gasteiger partial charge is 0.444 e. The molecule has 1 aliphatic rings. The Hall–Kier alpha value is -0.420. The Morgan fingerprint density at radius 1 is 1.37 bits per heavy atom. The first-order valence-corrected chi connectivity index (χ1v) is 8.52. The number of thioether (sulfide) groups is 1. The van der Waals surface area contributed by atoms with Crippen LogP contribution >= 0.6 is 11.8 Å². The van der Waals surface area contributed by atoms with Crippen molar-refractivity contribution in [1.82, 2.24) is 10.2 Å². The molecule has 1 heterocycles. The van der Waals surface area contributed by atoms with Crippen LogP contribution in [0.1, 0.15) is 40.0 Å². The highest BCUT2D eigenvalue weighted by atomic mass is 32.2. The Morgan fingerprint density at radius 2 is 2.11 bits per heavy atom. The number of hydrogen-bond donors (Lipinski definition) is 1. The Balaban J connectivity index is 2.34. The van der Waals surface area contributed by atoms with Crippen LogP contribution in [0.5, 0.6) is 0 Å². The third-order valence-corrected chi connectivity index (χ3v) is 3.73. The molecule has 19 heavy (non-hydrogen) atoms. The number of likely N-dealkylation sites (tertiary alicyclic amines) is 1. The van der Waals surface area contributed by atoms with Crippen LogP contribution in [0.2, 0.25) is 0 Å². The van der Waals surface area contributed by atoms with Gasteiger partial charge >= 0.3 is 6.09 Å². The third kappa shape index (κ3) is 7.06. The summed E-state index contributed by atoms with van der Waals surface area (Å²) in [5, 5.41) is 3.57. The molecule has 112 valence electrons. The maximum absolute atomic E-state index is 12.0. The van der Waals surface area contributed by atoms with Crippen LogP contribution < -0.4 is 5.32 Å². The monoisotopic (exact) mass is 288 g/mol. The fraction of sp³-hybridized carbons (Fsp3) is 0.929. The summed E-state index contributed by atoms with van der Waals surface area (Å²) >= 11 is 1.86. The summed E-state index contributed by atoms with van der Waals surface area (Å²) in [4.78, 5) is 13.9. The van der Waals surface area contributed by atoms with Gasteiger partial charge in [0.25, 0.3) is 0 Å². The van der Waals surface area contributed by atoms with E-state index in [2.05, 4.69) is 11.6 Å². The summed E-state index contributed by atoms with van der Waals surface area (Å²) in [6, 6.07) is 0.541. The smallest absolute Gasteiger partial charge is 0.410 e. The quantitative estimate of drug-likeness (QED) is 0.808. The zero-order chi connectivity index (χ0) is 14.3. The van der Waals surface area contributed by atoms with E-state index in [9.17, 15) is 4.79 Å². The SMILES string of the molecule is CSCCNC1CCCN(C(=O)OC(C)(C)C)CC1. The van der Waals surface area contributed by atoms with Gasteiger partial charge in [0, 0.05) is 31.4 Å². The molecule has 4 nitrogen and oxygen atoms in total. The fourth-order valence-electron chi connectivity index (χ4n) is 2.17. The van der Waals surface area contributed by atoms with Crippen molar-refractivity contribution in [2.45, 2.75) is 51.7 Å². The molecular formula is C14H28N2O2S. The molecule has 1 rings (SSSR count). The molecule has 0 saturated carbocycles. The van der Waals surface area contributed by atoms with Gasteiger partial charge in [-0.2, -0.15) is 11.8 Å². The number of carbonyl (C=O) groups excluding carboxylic acids is 1. The molecule has 0 radical (unpaired) electrons. The van der Waals surface area contributed by atoms with Gasteiger partial charge in [0.05, 0.1) is 0 Å². The average Bonchev–Trinajstić information content (AvgIpc) is 2.53. The molecule has 0 aliphatic carbocycles. The zero-order valence-electron chi connectivity index (χ0n) is 12.7. The van der Waals surface area contributed by atoms with Crippen molar-refractivity contribution in [2.75, 3.05) is 31.6 Å². The van der Waals surface area contributed by atoms with Gasteiger partial charge in [-0.15, -0.1) is 0 Å². The molecule has 1 N–H and O–H groups in total. The standard InChI is InChI=1S/C14H28N2O2S/c1-14(2,3)18-13(17)16-9-5-6-12(7-10-16)15-8-11-19-4/h12,15H,5-11H2,1-4H3. The van der Waals surface area contributed by atoms with Crippen LogP contribution in [0.3, 0.4) is 0 Å². The van der Waals surface area contributed by atoms with Crippen molar-refractivity contribution in [1.29, 1.82) is 0 Å². The molecular weight excluding hydrogens is 260 g/mol. The van der Waals surface area contributed by atoms with E-state index in [0.29, 0.717) is 6.04 Å². The molecule has 0 aromatic carbocycles. The minimum Gasteiger partial charge on any atom is -0.444 e. The van der Waals surface area contributed by atoms with Crippen LogP contribution in [0, 0.1) is 0 Å². The summed E-state index contributed by atoms with van der Waals surface area (Å²) in [5.74, 6) is 1.15. The Bertz CT molecular complexity index is 279. The van der Waals surface area contributed by atoms with Crippen molar-refractivity contribution in [2.24, 2.45) is 0 Å². The molecule has 0 spiro atoms. The Kier molecular flexibility index (Phi) is 7.00. The average molecular weight is 288 g/mol. The summed E-state index contributed by atoms with van der Waals surface area (Å²) < 4.78 is 5.43. The lowest BCUT2D eigenvalue weighted by Crippen LogP contribution is -2.38. The van der Waals surface area contributed by atoms with E-state index >= 15 is 0 Å². The number of ether oxygens (including phenoxy) is 1. The summed E-state index contributed by atoms with van der Waals surface area (Å²) in [7, 11) is 0. The van der Waals surface area contributed by atoms with Gasteiger partial charge < -0.3 is 15.0 Å². The molecule has 0 aromatic heterocycles. The summed E-state index contributed by atoms with van der Waals surface area (Å²) in [5.41, 5.74) is -0.403. The minimum absolute atomic E-state index is 0.169. The number of hydrogen-bond acceptors (Lipinski definition) is 4. The molecule has 5 heteroatoms. The molecule has 1 atom stereocenters. The number of amides is 1. The second-order valence-corrected chi connectivity index (χ2v) is 7.03. The molecule has 1 amide bonds. The van der Waals surface area contributed by atoms with Gasteiger partial charge in [-0.05, 0) is 46.3 Å². The molecule has 1 fully saturated rings. The van der Waals surface area contributed by atoms with E-state index < -0.39 is 5.60 Å². The number of nitrogens with one attached hydrogen (secondary N) is 1. The maximum Gasteiger partial charge on any atom is 0.410 e. The Morgan fingerprint density at radius 3 is 2.74 bits per heavy atom. The van der Waals surface area contributed by atoms with Crippen LogP contribution in [-0.2, 0) is 4.74 Å². The van der Waals surface area contributed by atoms with E-state index in [1.807, 2.05) is 37.4 Å². The predicted molar refractivity (Wildman–Crippen MR) is 81.8 cm³/mol. The normalized spacial score (nSPS) is 21.1. The van der Waals surface area contributed by atoms with Crippen LogP contribution in [-0.4, -0.2) is 54.3 Å². The highest BCUT2D eigenvalue weighted by molar-refractivity contribution is 7.98. The van der Waals surface area contributed by atoms with Gasteiger partial charge in [0.1, 0.15) is 5.60 Å². The van der Waals surface area contributed by atoms with Crippen LogP contribution in [0.4, 0.5) is 4.79 Å². The minimum atomic E-state index is -0.403. The summed E-state index contributed by atoms with van der Waals surface area (Å²) in [6.07, 6.45) is 5.17. The number of rotatable bonds is 4. The fourth-order valence-corrected chi connectivity index (χ4v) is 2.50. The van der Waals surface area contributed by atoms with E-state index in [4.69, 9.17) is 4.74 Å². The van der Waals surface area contributed by atoms with Gasteiger partial charge in [0.15, 0.2) is 0 Å². The number of carbonyl (C=O) groups is 1. The topological polar surface area (TPSA) is 41.6 Å². The second-order valence-electron chi connectivity index (χ2n) is 6.04. The van der Waals surface area contributed by atoms with Crippen LogP contribution in [0.15, 0.2) is 0 Å². The number of nitrogens with zero attached hydrogens (tertiary/aromatic N) is 1. The first-order valence-electron chi connectivity index (χ1n) is 7.12. The Labute approximate surface area is 121 Å². The van der Waals surface area contributed by atoms with Crippen molar-refractivity contribution in [3.8, 4) is 0 Å². The maximum atomic E-state index is 12.0. The van der Waals surface area contributed by atoms with Gasteiger partial charge in [-0.1, -0.05) is 0 Å². The van der Waals surface area contributed by atoms with E-state index in [0.717, 1.165) is 44.6 Å². The molecule has 0 aromatic rings. The molecule has 1 aliphatic heterocycles. The lowest BCUT2D eigenvalue weighted by Gasteiger charge is -2.26. The van der Waals surface area contributed by atoms with Gasteiger partial charge in [-0.3, -0.25) is 0 Å². The summed E-state index contributed by atoms with van der Waals surface area (Å²) in [6.45, 7) is 8.40. The van der Waals surface area contributed by atoms with E-state index in [1.165, 1.54) is 0 Å². The third-order valence-electron chi connectivity index (χ3n) is 3.12. The second kappa shape index (κ2) is 8.00. The van der Waals surface area contributed by atoms with E-state index in [-0.39, 0.29) is 6.09 Å². The predicted octanol–water partition coefficient (Wildman–Crippen LogP) is 2.73. The molecule has 1 unspecified atom stereocenters. The van der Waals surface area contributed by atoms with Gasteiger partial charge in [0.2, 0.25) is 0 Å². The first-order chi connectivity index (χ1) is 8.92. The van der Waals surface area contributed by atoms with Crippen molar-refractivity contribution in [3.05, 3.63) is 0 Å². The van der Waals surface area contributed by atoms with Crippen molar-refractivity contribution in [3.63, 3.8) is 0 Å². The highest BCUT2D eigenvalue weighted by Crippen LogP contribution is 2.15. The molecule has 0 bridgehead atoms. The highest BCUT2D eigenvalue weighted by Gasteiger charge is 2.24. The van der Waals surface area contributed by atoms with E-state index in [1.54, 1.807) is 0 Å². The van der Waals surface area contributed by atoms with Crippen molar-refractivity contribution < 1.29 is 9.53 Å². The molecule has 1 saturated heterocycles. The van der Waals surface area contributed by atoms with Gasteiger partial charge in [-0.25, -0.2) is 4.79 Å².